The van der Waals surface area contributed by atoms with E-state index >= 15 is 0 Å². The van der Waals surface area contributed by atoms with Gasteiger partial charge < -0.3 is 16.0 Å². The van der Waals surface area contributed by atoms with Crippen LogP contribution >= 0.6 is 0 Å². The maximum absolute atomic E-state index is 12.9. The molecule has 3 aromatic rings. The van der Waals surface area contributed by atoms with Gasteiger partial charge in [-0.2, -0.15) is 13.2 Å². The van der Waals surface area contributed by atoms with Gasteiger partial charge in [-0.15, -0.1) is 0 Å². The number of amides is 3. The molecule has 0 bridgehead atoms. The molecule has 0 saturated heterocycles. The van der Waals surface area contributed by atoms with E-state index in [1.807, 2.05) is 12.1 Å². The molecule has 3 N–H and O–H groups in total. The molecule has 0 radical (unpaired) electrons. The zero-order valence-electron chi connectivity index (χ0n) is 19.6. The van der Waals surface area contributed by atoms with Gasteiger partial charge in [-0.25, -0.2) is 0 Å². The monoisotopic (exact) mass is 498 g/mol. The third-order valence-corrected chi connectivity index (χ3v) is 5.17. The molecule has 0 aliphatic carbocycles. The molecule has 3 aromatic carbocycles. The van der Waals surface area contributed by atoms with Crippen molar-refractivity contribution in [3.05, 3.63) is 95.1 Å². The van der Waals surface area contributed by atoms with Crippen LogP contribution in [0.3, 0.4) is 0 Å². The van der Waals surface area contributed by atoms with E-state index in [2.05, 4.69) is 16.0 Å². The first-order valence-corrected chi connectivity index (χ1v) is 10.9. The summed E-state index contributed by atoms with van der Waals surface area (Å²) < 4.78 is 38.7. The number of carbonyl (C=O) groups excluding carboxylic acids is 3. The minimum atomic E-state index is -4.52. The normalized spacial score (nSPS) is 11.2. The van der Waals surface area contributed by atoms with E-state index in [0.717, 1.165) is 17.7 Å². The van der Waals surface area contributed by atoms with E-state index in [0.29, 0.717) is 17.8 Å². The molecule has 3 amide bonds. The van der Waals surface area contributed by atoms with Crippen LogP contribution in [0, 0.1) is 0 Å². The predicted molar refractivity (Wildman–Crippen MR) is 131 cm³/mol. The Morgan fingerprint density at radius 1 is 0.806 bits per heavy atom. The van der Waals surface area contributed by atoms with Gasteiger partial charge in [0.2, 0.25) is 5.91 Å². The van der Waals surface area contributed by atoms with E-state index < -0.39 is 17.6 Å². The minimum absolute atomic E-state index is 0.00856. The Bertz CT molecular complexity index is 1240. The second-order valence-corrected chi connectivity index (χ2v) is 8.11. The van der Waals surface area contributed by atoms with Gasteiger partial charge in [-0.05, 0) is 61.1 Å². The lowest BCUT2D eigenvalue weighted by Crippen LogP contribution is -2.30. The molecule has 0 unspecified atom stereocenters. The van der Waals surface area contributed by atoms with E-state index in [1.165, 1.54) is 24.3 Å². The van der Waals surface area contributed by atoms with Gasteiger partial charge >= 0.3 is 6.18 Å². The van der Waals surface area contributed by atoms with E-state index in [9.17, 15) is 27.6 Å². The lowest BCUT2D eigenvalue weighted by molar-refractivity contribution is -0.137. The summed E-state index contributed by atoms with van der Waals surface area (Å²) in [7, 11) is 3.33. The van der Waals surface area contributed by atoms with Crippen molar-refractivity contribution in [1.29, 1.82) is 0 Å². The van der Waals surface area contributed by atoms with E-state index in [4.69, 9.17) is 0 Å². The number of hydrogen-bond donors (Lipinski definition) is 3. The number of nitrogens with one attached hydrogen (secondary N) is 3. The first kappa shape index (κ1) is 26.4. The summed E-state index contributed by atoms with van der Waals surface area (Å²) in [4.78, 5) is 38.4. The quantitative estimate of drug-likeness (QED) is 0.430. The van der Waals surface area contributed by atoms with Crippen LogP contribution in [-0.2, 0) is 17.5 Å². The van der Waals surface area contributed by atoms with E-state index in [1.54, 1.807) is 43.3 Å². The Labute approximate surface area is 206 Å². The molecule has 0 aromatic heterocycles. The van der Waals surface area contributed by atoms with Crippen LogP contribution in [0.15, 0.2) is 72.8 Å². The number of alkyl halides is 3. The molecule has 0 atom stereocenters. The van der Waals surface area contributed by atoms with Gasteiger partial charge in [0.25, 0.3) is 11.8 Å². The fourth-order valence-corrected chi connectivity index (χ4v) is 3.43. The molecule has 0 fully saturated rings. The first-order valence-electron chi connectivity index (χ1n) is 10.9. The summed E-state index contributed by atoms with van der Waals surface area (Å²) in [6, 6.07) is 17.5. The highest BCUT2D eigenvalue weighted by Crippen LogP contribution is 2.30. The average molecular weight is 499 g/mol. The lowest BCUT2D eigenvalue weighted by Gasteiger charge is -2.17. The number of carbonyl (C=O) groups is 3. The van der Waals surface area contributed by atoms with Crippen molar-refractivity contribution in [2.45, 2.75) is 12.7 Å². The summed E-state index contributed by atoms with van der Waals surface area (Å²) in [6.45, 7) is 0.540. The van der Waals surface area contributed by atoms with Gasteiger partial charge in [0.15, 0.2) is 0 Å². The largest absolute Gasteiger partial charge is 0.416 e. The molecule has 0 aliphatic heterocycles. The number of nitrogens with zero attached hydrogens (tertiary/aromatic N) is 1. The highest BCUT2D eigenvalue weighted by molar-refractivity contribution is 6.05. The number of halogens is 3. The molecule has 0 heterocycles. The Hall–Kier alpha value is -4.18. The van der Waals surface area contributed by atoms with Crippen molar-refractivity contribution in [1.82, 2.24) is 10.2 Å². The molecule has 3 rings (SSSR count). The van der Waals surface area contributed by atoms with Crippen LogP contribution in [0.25, 0.3) is 0 Å². The van der Waals surface area contributed by atoms with Gasteiger partial charge in [0.1, 0.15) is 0 Å². The summed E-state index contributed by atoms with van der Waals surface area (Å²) in [5.74, 6) is -1.10. The summed E-state index contributed by atoms with van der Waals surface area (Å²) in [5, 5.41) is 7.71. The number of hydrogen-bond acceptors (Lipinski definition) is 4. The number of rotatable bonds is 8. The average Bonchev–Trinajstić information content (AvgIpc) is 2.83. The minimum Gasteiger partial charge on any atom is -0.355 e. The van der Waals surface area contributed by atoms with Crippen LogP contribution in [0.2, 0.25) is 0 Å². The fraction of sp³-hybridized carbons (Fsp3) is 0.192. The lowest BCUT2D eigenvalue weighted by atomic mass is 10.1. The molecule has 188 valence electrons. The zero-order chi connectivity index (χ0) is 26.3. The highest BCUT2D eigenvalue weighted by Gasteiger charge is 2.30. The molecular formula is C26H25F3N4O3. The molecule has 36 heavy (non-hydrogen) atoms. The molecule has 10 heteroatoms. The molecular weight excluding hydrogens is 473 g/mol. The third-order valence-electron chi connectivity index (χ3n) is 5.17. The topological polar surface area (TPSA) is 90.5 Å². The Morgan fingerprint density at radius 2 is 1.44 bits per heavy atom. The smallest absolute Gasteiger partial charge is 0.355 e. The maximum Gasteiger partial charge on any atom is 0.416 e. The van der Waals surface area contributed by atoms with Crippen LogP contribution < -0.4 is 16.0 Å². The highest BCUT2D eigenvalue weighted by atomic mass is 19.4. The standard InChI is InChI=1S/C26H25F3N4O3/c1-30-24(35)18-11-9-17(10-12-18)15-33(2)16-23(34)31-21-7-3-5-19(13-21)25(36)32-22-8-4-6-20(14-22)26(27,28)29/h3-14H,15-16H2,1-2H3,(H,30,35)(H,31,34)(H,32,36). The van der Waals surface area contributed by atoms with Crippen LogP contribution in [-0.4, -0.2) is 43.3 Å². The van der Waals surface area contributed by atoms with Crippen LogP contribution in [0.5, 0.6) is 0 Å². The van der Waals surface area contributed by atoms with E-state index in [-0.39, 0.29) is 29.6 Å². The zero-order valence-corrected chi connectivity index (χ0v) is 19.6. The molecule has 0 spiro atoms. The fourth-order valence-electron chi connectivity index (χ4n) is 3.43. The Morgan fingerprint density at radius 3 is 2.08 bits per heavy atom. The molecule has 0 aliphatic rings. The SMILES string of the molecule is CNC(=O)c1ccc(CN(C)CC(=O)Nc2cccc(C(=O)Nc3cccc(C(F)(F)F)c3)c2)cc1. The summed E-state index contributed by atoms with van der Waals surface area (Å²) >= 11 is 0. The van der Waals surface area contributed by atoms with Gasteiger partial charge in [-0.1, -0.05) is 24.3 Å². The van der Waals surface area contributed by atoms with Crippen LogP contribution in [0.1, 0.15) is 31.8 Å². The molecule has 0 saturated carbocycles. The van der Waals surface area contributed by atoms with Crippen molar-refractivity contribution >= 4 is 29.1 Å². The molecule has 7 nitrogen and oxygen atoms in total. The third kappa shape index (κ3) is 7.41. The second-order valence-electron chi connectivity index (χ2n) is 8.11. The summed E-state index contributed by atoms with van der Waals surface area (Å²) in [5.41, 5.74) is 1.15. The Kier molecular flexibility index (Phi) is 8.44. The predicted octanol–water partition coefficient (Wildman–Crippen LogP) is 4.39. The van der Waals surface area contributed by atoms with Crippen LogP contribution in [0.4, 0.5) is 24.5 Å². The van der Waals surface area contributed by atoms with Gasteiger partial charge in [0, 0.05) is 36.1 Å². The second kappa shape index (κ2) is 11.5. The number of benzene rings is 3. The van der Waals surface area contributed by atoms with Crippen molar-refractivity contribution in [2.24, 2.45) is 0 Å². The number of anilines is 2. The number of likely N-dealkylation sites (N-methyl/N-ethyl adjacent to an activating group) is 1. The maximum atomic E-state index is 12.9. The first-order chi connectivity index (χ1) is 17.0. The van der Waals surface area contributed by atoms with Crippen molar-refractivity contribution < 1.29 is 27.6 Å². The van der Waals surface area contributed by atoms with Gasteiger partial charge in [0.05, 0.1) is 12.1 Å². The van der Waals surface area contributed by atoms with Crippen molar-refractivity contribution in [3.8, 4) is 0 Å². The van der Waals surface area contributed by atoms with Crippen molar-refractivity contribution in [3.63, 3.8) is 0 Å². The summed E-state index contributed by atoms with van der Waals surface area (Å²) in [6.07, 6.45) is -4.52. The van der Waals surface area contributed by atoms with Gasteiger partial charge in [-0.3, -0.25) is 19.3 Å². The Balaban J connectivity index is 1.57. The van der Waals surface area contributed by atoms with Crippen molar-refractivity contribution in [2.75, 3.05) is 31.3 Å².